The average molecular weight is 272 g/mol. The lowest BCUT2D eigenvalue weighted by Gasteiger charge is -2.18. The Morgan fingerprint density at radius 2 is 2.18 bits per heavy atom. The molecule has 1 aromatic carbocycles. The normalized spacial score (nSPS) is 10.2. The SMILES string of the molecule is NC(=O)N(c1ncn[nH]1)c1ccc(Cl)cc1Cl. The minimum Gasteiger partial charge on any atom is -0.351 e. The van der Waals surface area contributed by atoms with E-state index >= 15 is 0 Å². The van der Waals surface area contributed by atoms with Crippen molar-refractivity contribution < 1.29 is 4.79 Å². The highest BCUT2D eigenvalue weighted by Gasteiger charge is 2.20. The molecular weight excluding hydrogens is 265 g/mol. The van der Waals surface area contributed by atoms with E-state index in [1.165, 1.54) is 12.4 Å². The van der Waals surface area contributed by atoms with Crippen molar-refractivity contribution in [2.75, 3.05) is 4.90 Å². The van der Waals surface area contributed by atoms with Gasteiger partial charge in [-0.1, -0.05) is 23.2 Å². The highest BCUT2D eigenvalue weighted by Crippen LogP contribution is 2.31. The molecule has 0 aliphatic carbocycles. The van der Waals surface area contributed by atoms with Crippen LogP contribution in [-0.4, -0.2) is 21.2 Å². The molecule has 1 heterocycles. The maximum atomic E-state index is 11.4. The molecule has 2 amide bonds. The summed E-state index contributed by atoms with van der Waals surface area (Å²) in [7, 11) is 0. The molecule has 0 saturated carbocycles. The summed E-state index contributed by atoms with van der Waals surface area (Å²) in [5, 5.41) is 6.92. The van der Waals surface area contributed by atoms with Gasteiger partial charge in [-0.3, -0.25) is 0 Å². The summed E-state index contributed by atoms with van der Waals surface area (Å²) in [6, 6.07) is 3.93. The van der Waals surface area contributed by atoms with Crippen molar-refractivity contribution in [2.24, 2.45) is 5.73 Å². The van der Waals surface area contributed by atoms with Crippen molar-refractivity contribution in [3.05, 3.63) is 34.6 Å². The molecule has 0 aliphatic rings. The lowest BCUT2D eigenvalue weighted by atomic mass is 10.3. The molecule has 0 fully saturated rings. The monoisotopic (exact) mass is 271 g/mol. The topological polar surface area (TPSA) is 87.9 Å². The number of primary amides is 1. The Labute approximate surface area is 106 Å². The molecule has 0 saturated heterocycles. The van der Waals surface area contributed by atoms with Gasteiger partial charge in [0.1, 0.15) is 6.33 Å². The van der Waals surface area contributed by atoms with Gasteiger partial charge in [0.15, 0.2) is 0 Å². The Hall–Kier alpha value is -1.79. The number of hydrogen-bond donors (Lipinski definition) is 2. The first-order valence-corrected chi connectivity index (χ1v) is 5.25. The summed E-state index contributed by atoms with van der Waals surface area (Å²) in [5.41, 5.74) is 5.65. The standard InChI is InChI=1S/C9H7Cl2N5O/c10-5-1-2-7(6(11)3-5)16(8(12)17)9-13-4-14-15-9/h1-4H,(H2,12,17)(H,13,14,15). The average Bonchev–Trinajstić information content (AvgIpc) is 2.74. The Balaban J connectivity index is 2.51. The fourth-order valence-corrected chi connectivity index (χ4v) is 1.80. The van der Waals surface area contributed by atoms with E-state index in [4.69, 9.17) is 28.9 Å². The van der Waals surface area contributed by atoms with Gasteiger partial charge in [0, 0.05) is 5.02 Å². The van der Waals surface area contributed by atoms with Crippen molar-refractivity contribution >= 4 is 40.9 Å². The van der Waals surface area contributed by atoms with E-state index in [2.05, 4.69) is 15.2 Å². The van der Waals surface area contributed by atoms with Crippen LogP contribution in [0.2, 0.25) is 10.0 Å². The van der Waals surface area contributed by atoms with Crippen LogP contribution in [0.25, 0.3) is 0 Å². The second-order valence-electron chi connectivity index (χ2n) is 3.08. The van der Waals surface area contributed by atoms with Gasteiger partial charge in [-0.05, 0) is 18.2 Å². The van der Waals surface area contributed by atoms with E-state index in [1.807, 2.05) is 0 Å². The molecule has 3 N–H and O–H groups in total. The first-order chi connectivity index (χ1) is 8.09. The van der Waals surface area contributed by atoms with E-state index in [-0.39, 0.29) is 11.0 Å². The highest BCUT2D eigenvalue weighted by molar-refractivity contribution is 6.37. The van der Waals surface area contributed by atoms with Crippen molar-refractivity contribution in [3.8, 4) is 0 Å². The van der Waals surface area contributed by atoms with Gasteiger partial charge >= 0.3 is 6.03 Å². The van der Waals surface area contributed by atoms with Crippen LogP contribution in [0.3, 0.4) is 0 Å². The first-order valence-electron chi connectivity index (χ1n) is 4.49. The van der Waals surface area contributed by atoms with Crippen LogP contribution in [0.5, 0.6) is 0 Å². The van der Waals surface area contributed by atoms with Crippen molar-refractivity contribution in [1.29, 1.82) is 0 Å². The molecule has 8 heteroatoms. The fourth-order valence-electron chi connectivity index (χ4n) is 1.31. The smallest absolute Gasteiger partial charge is 0.326 e. The van der Waals surface area contributed by atoms with E-state index in [1.54, 1.807) is 12.1 Å². The fraction of sp³-hybridized carbons (Fsp3) is 0. The van der Waals surface area contributed by atoms with Crippen LogP contribution >= 0.6 is 23.2 Å². The Morgan fingerprint density at radius 3 is 2.71 bits per heavy atom. The number of amides is 2. The number of carbonyl (C=O) groups is 1. The predicted octanol–water partition coefficient (Wildman–Crippen LogP) is 2.33. The van der Waals surface area contributed by atoms with Gasteiger partial charge in [-0.2, -0.15) is 10.1 Å². The summed E-state index contributed by atoms with van der Waals surface area (Å²) in [6.45, 7) is 0. The maximum absolute atomic E-state index is 11.4. The number of anilines is 2. The lowest BCUT2D eigenvalue weighted by Crippen LogP contribution is -2.32. The lowest BCUT2D eigenvalue weighted by molar-refractivity contribution is 0.256. The molecule has 2 rings (SSSR count). The number of hydrogen-bond acceptors (Lipinski definition) is 3. The summed E-state index contributed by atoms with van der Waals surface area (Å²) in [6.07, 6.45) is 1.26. The third kappa shape index (κ3) is 2.32. The van der Waals surface area contributed by atoms with Crippen molar-refractivity contribution in [1.82, 2.24) is 15.2 Å². The first kappa shape index (κ1) is 11.7. The highest BCUT2D eigenvalue weighted by atomic mass is 35.5. The number of carbonyl (C=O) groups excluding carboxylic acids is 1. The third-order valence-corrected chi connectivity index (χ3v) is 2.52. The molecule has 17 heavy (non-hydrogen) atoms. The quantitative estimate of drug-likeness (QED) is 0.879. The van der Waals surface area contributed by atoms with Crippen LogP contribution < -0.4 is 10.6 Å². The second-order valence-corrected chi connectivity index (χ2v) is 3.92. The number of nitrogens with two attached hydrogens (primary N) is 1. The molecule has 2 aromatic rings. The number of benzene rings is 1. The number of rotatable bonds is 2. The van der Waals surface area contributed by atoms with E-state index in [9.17, 15) is 4.79 Å². The molecule has 0 radical (unpaired) electrons. The number of halogens is 2. The summed E-state index contributed by atoms with van der Waals surface area (Å²) in [5.74, 6) is 0.182. The molecule has 0 unspecified atom stereocenters. The molecule has 0 atom stereocenters. The molecule has 1 aromatic heterocycles. The van der Waals surface area contributed by atoms with Gasteiger partial charge in [0.2, 0.25) is 5.95 Å². The molecule has 0 bridgehead atoms. The third-order valence-electron chi connectivity index (χ3n) is 1.99. The zero-order chi connectivity index (χ0) is 12.4. The Morgan fingerprint density at radius 1 is 1.41 bits per heavy atom. The zero-order valence-corrected chi connectivity index (χ0v) is 9.90. The van der Waals surface area contributed by atoms with Crippen LogP contribution in [0.4, 0.5) is 16.4 Å². The van der Waals surface area contributed by atoms with Crippen LogP contribution in [-0.2, 0) is 0 Å². The van der Waals surface area contributed by atoms with Gasteiger partial charge in [-0.15, -0.1) is 0 Å². The van der Waals surface area contributed by atoms with Gasteiger partial charge in [0.25, 0.3) is 0 Å². The summed E-state index contributed by atoms with van der Waals surface area (Å²) >= 11 is 11.8. The summed E-state index contributed by atoms with van der Waals surface area (Å²) < 4.78 is 0. The Kier molecular flexibility index (Phi) is 3.16. The van der Waals surface area contributed by atoms with Gasteiger partial charge < -0.3 is 5.73 Å². The zero-order valence-electron chi connectivity index (χ0n) is 8.39. The number of aromatic nitrogens is 3. The molecule has 0 aliphatic heterocycles. The van der Waals surface area contributed by atoms with Gasteiger partial charge in [0.05, 0.1) is 10.7 Å². The van der Waals surface area contributed by atoms with E-state index in [0.29, 0.717) is 10.7 Å². The number of nitrogens with zero attached hydrogens (tertiary/aromatic N) is 3. The predicted molar refractivity (Wildman–Crippen MR) is 64.6 cm³/mol. The van der Waals surface area contributed by atoms with Crippen LogP contribution in [0.1, 0.15) is 0 Å². The van der Waals surface area contributed by atoms with Crippen LogP contribution in [0.15, 0.2) is 24.5 Å². The maximum Gasteiger partial charge on any atom is 0.326 e. The number of urea groups is 1. The van der Waals surface area contributed by atoms with Gasteiger partial charge in [-0.25, -0.2) is 14.8 Å². The number of nitrogens with one attached hydrogen (secondary N) is 1. The second kappa shape index (κ2) is 4.60. The molecule has 6 nitrogen and oxygen atoms in total. The van der Waals surface area contributed by atoms with E-state index < -0.39 is 6.03 Å². The summed E-state index contributed by atoms with van der Waals surface area (Å²) in [4.78, 5) is 16.4. The molecular formula is C9H7Cl2N5O. The molecule has 0 spiro atoms. The Bertz CT molecular complexity index is 542. The number of aromatic amines is 1. The van der Waals surface area contributed by atoms with E-state index in [0.717, 1.165) is 4.90 Å². The number of H-pyrrole nitrogens is 1. The molecule has 88 valence electrons. The van der Waals surface area contributed by atoms with Crippen LogP contribution in [0, 0.1) is 0 Å². The minimum absolute atomic E-state index is 0.182. The minimum atomic E-state index is -0.731. The largest absolute Gasteiger partial charge is 0.351 e. The van der Waals surface area contributed by atoms with Crippen molar-refractivity contribution in [2.45, 2.75) is 0 Å². The van der Waals surface area contributed by atoms with Crippen molar-refractivity contribution in [3.63, 3.8) is 0 Å².